The van der Waals surface area contributed by atoms with Crippen molar-refractivity contribution in [3.05, 3.63) is 24.3 Å². The number of nitrogens with zero attached hydrogens (tertiary/aromatic N) is 3. The third-order valence-corrected chi connectivity index (χ3v) is 3.63. The zero-order valence-electron chi connectivity index (χ0n) is 11.1. The van der Waals surface area contributed by atoms with Crippen molar-refractivity contribution in [2.45, 2.75) is 6.42 Å². The molecule has 1 saturated heterocycles. The molecule has 3 rings (SSSR count). The first-order valence-corrected chi connectivity index (χ1v) is 6.68. The van der Waals surface area contributed by atoms with E-state index in [4.69, 9.17) is 5.73 Å². The second-order valence-corrected chi connectivity index (χ2v) is 5.16. The lowest BCUT2D eigenvalue weighted by Crippen LogP contribution is -2.28. The maximum Gasteiger partial charge on any atom is 0.171 e. The molecule has 1 aliphatic heterocycles. The summed E-state index contributed by atoms with van der Waals surface area (Å²) in [7, 11) is 2.04. The first-order chi connectivity index (χ1) is 9.24. The highest BCUT2D eigenvalue weighted by Gasteiger charge is 2.19. The largest absolute Gasteiger partial charge is 0.381 e. The molecule has 3 N–H and O–H groups in total. The fourth-order valence-corrected chi connectivity index (χ4v) is 2.63. The average Bonchev–Trinajstić information content (AvgIpc) is 2.90. The van der Waals surface area contributed by atoms with Crippen molar-refractivity contribution < 1.29 is 0 Å². The van der Waals surface area contributed by atoms with Crippen LogP contribution in [0.25, 0.3) is 11.0 Å². The molecule has 5 heteroatoms. The Bertz CT molecular complexity index is 577. The molecule has 1 atom stereocenters. The highest BCUT2D eigenvalue weighted by molar-refractivity contribution is 5.79. The summed E-state index contributed by atoms with van der Waals surface area (Å²) in [6.07, 6.45) is 1.21. The van der Waals surface area contributed by atoms with Crippen LogP contribution in [0.15, 0.2) is 24.3 Å². The van der Waals surface area contributed by atoms with Gasteiger partial charge in [-0.25, -0.2) is 9.97 Å². The minimum absolute atomic E-state index is 0.507. The normalized spacial score (nSPS) is 18.9. The van der Waals surface area contributed by atoms with Crippen molar-refractivity contribution in [3.63, 3.8) is 0 Å². The second kappa shape index (κ2) is 5.01. The van der Waals surface area contributed by atoms with Gasteiger partial charge in [-0.15, -0.1) is 0 Å². The fourth-order valence-electron chi connectivity index (χ4n) is 2.63. The SMILES string of the molecule is CN(C[C@H]1CCNC1)c1nc2ccccc2nc1N. The smallest absolute Gasteiger partial charge is 0.171 e. The zero-order valence-corrected chi connectivity index (χ0v) is 11.1. The Hall–Kier alpha value is -1.88. The molecule has 5 nitrogen and oxygen atoms in total. The topological polar surface area (TPSA) is 67.1 Å². The number of anilines is 2. The van der Waals surface area contributed by atoms with Crippen LogP contribution in [-0.4, -0.2) is 36.6 Å². The molecule has 1 fully saturated rings. The van der Waals surface area contributed by atoms with E-state index in [1.165, 1.54) is 6.42 Å². The highest BCUT2D eigenvalue weighted by atomic mass is 15.2. The van der Waals surface area contributed by atoms with Crippen LogP contribution in [-0.2, 0) is 0 Å². The molecule has 1 aromatic heterocycles. The molecule has 0 amide bonds. The number of rotatable bonds is 3. The maximum atomic E-state index is 6.03. The van der Waals surface area contributed by atoms with Crippen molar-refractivity contribution in [3.8, 4) is 0 Å². The van der Waals surface area contributed by atoms with Gasteiger partial charge < -0.3 is 16.0 Å². The molecule has 1 aromatic carbocycles. The highest BCUT2D eigenvalue weighted by Crippen LogP contribution is 2.22. The van der Waals surface area contributed by atoms with Crippen molar-refractivity contribution in [2.75, 3.05) is 37.3 Å². The van der Waals surface area contributed by atoms with E-state index in [2.05, 4.69) is 20.2 Å². The first kappa shape index (κ1) is 12.2. The van der Waals surface area contributed by atoms with Crippen molar-refractivity contribution in [2.24, 2.45) is 5.92 Å². The van der Waals surface area contributed by atoms with Gasteiger partial charge >= 0.3 is 0 Å². The average molecular weight is 257 g/mol. The van der Waals surface area contributed by atoms with Crippen LogP contribution in [0, 0.1) is 5.92 Å². The van der Waals surface area contributed by atoms with Gasteiger partial charge in [-0.2, -0.15) is 0 Å². The van der Waals surface area contributed by atoms with Crippen LogP contribution in [0.2, 0.25) is 0 Å². The summed E-state index contributed by atoms with van der Waals surface area (Å²) in [5.41, 5.74) is 7.77. The minimum atomic E-state index is 0.507. The number of nitrogens with one attached hydrogen (secondary N) is 1. The molecule has 2 aromatic rings. The van der Waals surface area contributed by atoms with Gasteiger partial charge in [0.1, 0.15) is 0 Å². The van der Waals surface area contributed by atoms with Crippen LogP contribution >= 0.6 is 0 Å². The van der Waals surface area contributed by atoms with Crippen LogP contribution in [0.3, 0.4) is 0 Å². The molecule has 19 heavy (non-hydrogen) atoms. The lowest BCUT2D eigenvalue weighted by Gasteiger charge is -2.22. The number of hydrogen-bond acceptors (Lipinski definition) is 5. The van der Waals surface area contributed by atoms with E-state index in [0.29, 0.717) is 11.7 Å². The molecular weight excluding hydrogens is 238 g/mol. The van der Waals surface area contributed by atoms with Gasteiger partial charge in [0.15, 0.2) is 11.6 Å². The number of para-hydroxylation sites is 2. The van der Waals surface area contributed by atoms with E-state index >= 15 is 0 Å². The quantitative estimate of drug-likeness (QED) is 0.866. The summed E-state index contributed by atoms with van der Waals surface area (Å²) in [5.74, 6) is 1.95. The summed E-state index contributed by atoms with van der Waals surface area (Å²) >= 11 is 0. The number of aromatic nitrogens is 2. The Morgan fingerprint density at radius 3 is 2.74 bits per heavy atom. The van der Waals surface area contributed by atoms with Gasteiger partial charge in [0.25, 0.3) is 0 Å². The third-order valence-electron chi connectivity index (χ3n) is 3.63. The van der Waals surface area contributed by atoms with Crippen LogP contribution in [0.5, 0.6) is 0 Å². The Morgan fingerprint density at radius 2 is 2.05 bits per heavy atom. The molecule has 2 heterocycles. The summed E-state index contributed by atoms with van der Waals surface area (Å²) in [6.45, 7) is 3.15. The van der Waals surface area contributed by atoms with Crippen LogP contribution < -0.4 is 16.0 Å². The number of nitrogens with two attached hydrogens (primary N) is 1. The van der Waals surface area contributed by atoms with Gasteiger partial charge in [0.05, 0.1) is 11.0 Å². The van der Waals surface area contributed by atoms with E-state index in [0.717, 1.165) is 36.5 Å². The molecule has 0 saturated carbocycles. The van der Waals surface area contributed by atoms with Gasteiger partial charge in [0, 0.05) is 13.6 Å². The van der Waals surface area contributed by atoms with Crippen molar-refractivity contribution in [1.82, 2.24) is 15.3 Å². The van der Waals surface area contributed by atoms with Crippen LogP contribution in [0.4, 0.5) is 11.6 Å². The lowest BCUT2D eigenvalue weighted by atomic mass is 10.1. The summed E-state index contributed by atoms with van der Waals surface area (Å²) in [4.78, 5) is 11.2. The Balaban J connectivity index is 1.88. The zero-order chi connectivity index (χ0) is 13.2. The Morgan fingerprint density at radius 1 is 1.32 bits per heavy atom. The number of nitrogen functional groups attached to an aromatic ring is 1. The molecule has 0 unspecified atom stereocenters. The van der Waals surface area contributed by atoms with Crippen molar-refractivity contribution >= 4 is 22.7 Å². The standard InChI is InChI=1S/C14H19N5/c1-19(9-10-6-7-16-8-10)14-13(15)17-11-4-2-3-5-12(11)18-14/h2-5,10,16H,6-9H2,1H3,(H2,15,17)/t10-/m0/s1. The predicted octanol–water partition coefficient (Wildman–Crippen LogP) is 1.26. The van der Waals surface area contributed by atoms with E-state index in [9.17, 15) is 0 Å². The monoisotopic (exact) mass is 257 g/mol. The van der Waals surface area contributed by atoms with Gasteiger partial charge in [-0.3, -0.25) is 0 Å². The molecule has 0 radical (unpaired) electrons. The molecule has 1 aliphatic rings. The van der Waals surface area contributed by atoms with Gasteiger partial charge in [-0.05, 0) is 37.6 Å². The maximum absolute atomic E-state index is 6.03. The third kappa shape index (κ3) is 2.46. The van der Waals surface area contributed by atoms with Gasteiger partial charge in [0.2, 0.25) is 0 Å². The lowest BCUT2D eigenvalue weighted by molar-refractivity contribution is 0.576. The van der Waals surface area contributed by atoms with E-state index in [1.807, 2.05) is 31.3 Å². The summed E-state index contributed by atoms with van der Waals surface area (Å²) < 4.78 is 0. The van der Waals surface area contributed by atoms with E-state index in [1.54, 1.807) is 0 Å². The van der Waals surface area contributed by atoms with Gasteiger partial charge in [-0.1, -0.05) is 12.1 Å². The second-order valence-electron chi connectivity index (χ2n) is 5.16. The summed E-state index contributed by atoms with van der Waals surface area (Å²) in [5, 5.41) is 3.38. The van der Waals surface area contributed by atoms with E-state index in [-0.39, 0.29) is 0 Å². The molecule has 0 bridgehead atoms. The minimum Gasteiger partial charge on any atom is -0.381 e. The summed E-state index contributed by atoms with van der Waals surface area (Å²) in [6, 6.07) is 7.82. The number of benzene rings is 1. The van der Waals surface area contributed by atoms with Crippen LogP contribution in [0.1, 0.15) is 6.42 Å². The number of hydrogen-bond donors (Lipinski definition) is 2. The molecule has 0 aliphatic carbocycles. The first-order valence-electron chi connectivity index (χ1n) is 6.68. The van der Waals surface area contributed by atoms with E-state index < -0.39 is 0 Å². The number of fused-ring (bicyclic) bond motifs is 1. The van der Waals surface area contributed by atoms with Crippen molar-refractivity contribution in [1.29, 1.82) is 0 Å². The molecular formula is C14H19N5. The predicted molar refractivity (Wildman–Crippen MR) is 78.2 cm³/mol. The molecule has 100 valence electrons. The Labute approximate surface area is 112 Å². The molecule has 0 spiro atoms. The Kier molecular flexibility index (Phi) is 3.21. The fraction of sp³-hybridized carbons (Fsp3) is 0.429.